The van der Waals surface area contributed by atoms with E-state index in [1.807, 2.05) is 25.1 Å². The number of amides is 2. The van der Waals surface area contributed by atoms with Crippen molar-refractivity contribution in [2.45, 2.75) is 39.2 Å². The van der Waals surface area contributed by atoms with E-state index in [0.29, 0.717) is 67.7 Å². The fraction of sp³-hybridized carbons (Fsp3) is 0.229. The minimum absolute atomic E-state index is 0.183. The van der Waals surface area contributed by atoms with Crippen LogP contribution in [-0.4, -0.2) is 34.7 Å². The van der Waals surface area contributed by atoms with Crippen LogP contribution in [0.25, 0.3) is 22.2 Å². The van der Waals surface area contributed by atoms with Crippen molar-refractivity contribution in [2.75, 3.05) is 4.90 Å². The number of nitrogens with zero attached hydrogens (tertiary/aromatic N) is 2. The third-order valence-corrected chi connectivity index (χ3v) is 9.68. The second-order valence-electron chi connectivity index (χ2n) is 11.0. The Kier molecular flexibility index (Phi) is 8.22. The number of ether oxygens (including phenoxy) is 1. The Bertz CT molecular complexity index is 1830. The van der Waals surface area contributed by atoms with Crippen molar-refractivity contribution in [1.82, 2.24) is 4.98 Å². The quantitative estimate of drug-likeness (QED) is 0.0859. The van der Waals surface area contributed by atoms with E-state index in [0.717, 1.165) is 0 Å². The molecule has 1 aliphatic heterocycles. The van der Waals surface area contributed by atoms with Gasteiger partial charge in [0.1, 0.15) is 0 Å². The van der Waals surface area contributed by atoms with E-state index < -0.39 is 12.1 Å². The number of pyridine rings is 1. The Balaban J connectivity index is 1.37. The second kappa shape index (κ2) is 12.1. The number of allylic oxidation sites excluding steroid dienone is 2. The number of hydrogen-bond acceptors (Lipinski definition) is 6. The molecule has 0 spiro atoms. The Morgan fingerprint density at radius 3 is 2.25 bits per heavy atom. The minimum atomic E-state index is -0.970. The maximum absolute atomic E-state index is 13.7. The molecule has 2 aliphatic rings. The number of aryl methyl sites for hydroxylation is 1. The van der Waals surface area contributed by atoms with E-state index in [2.05, 4.69) is 15.9 Å². The number of carbonyl (C=O) groups excluding carboxylic acids is 4. The molecule has 2 amide bonds. The Morgan fingerprint density at radius 1 is 1.00 bits per heavy atom. The van der Waals surface area contributed by atoms with Crippen molar-refractivity contribution in [3.8, 4) is 11.3 Å². The van der Waals surface area contributed by atoms with Gasteiger partial charge in [-0.05, 0) is 71.9 Å². The highest BCUT2D eigenvalue weighted by Crippen LogP contribution is 2.39. The number of esters is 1. The molecule has 3 aromatic carbocycles. The molecule has 222 valence electrons. The molecule has 1 fully saturated rings. The molecule has 1 saturated heterocycles. The Hall–Kier alpha value is -4.14. The predicted octanol–water partition coefficient (Wildman–Crippen LogP) is 7.90. The number of anilines is 1. The van der Waals surface area contributed by atoms with E-state index in [4.69, 9.17) is 21.3 Å². The van der Waals surface area contributed by atoms with Crippen molar-refractivity contribution in [3.63, 3.8) is 0 Å². The molecule has 1 aliphatic carbocycles. The van der Waals surface area contributed by atoms with E-state index in [-0.39, 0.29) is 35.0 Å². The van der Waals surface area contributed by atoms with Crippen LogP contribution in [0.1, 0.15) is 52.5 Å². The number of imide groups is 1. The number of carbonyl (C=O) groups is 4. The largest absolute Gasteiger partial charge is 0.450 e. The molecule has 0 radical (unpaired) electrons. The lowest BCUT2D eigenvalue weighted by Gasteiger charge is -2.18. The highest BCUT2D eigenvalue weighted by molar-refractivity contribution is 9.10. The third-order valence-electron chi connectivity index (χ3n) is 8.34. The minimum Gasteiger partial charge on any atom is -0.450 e. The van der Waals surface area contributed by atoms with Crippen molar-refractivity contribution in [3.05, 3.63) is 105 Å². The summed E-state index contributed by atoms with van der Waals surface area (Å²) in [7, 11) is 0. The summed E-state index contributed by atoms with van der Waals surface area (Å²) >= 11 is 10.0. The molecule has 7 nitrogen and oxygen atoms in total. The van der Waals surface area contributed by atoms with Gasteiger partial charge >= 0.3 is 5.97 Å². The molecule has 44 heavy (non-hydrogen) atoms. The first kappa shape index (κ1) is 29.9. The molecule has 9 heteroatoms. The lowest BCUT2D eigenvalue weighted by Crippen LogP contribution is -2.30. The second-order valence-corrected chi connectivity index (χ2v) is 12.2. The van der Waals surface area contributed by atoms with Crippen molar-refractivity contribution >= 4 is 67.7 Å². The van der Waals surface area contributed by atoms with Crippen LogP contribution in [0.4, 0.5) is 5.69 Å². The summed E-state index contributed by atoms with van der Waals surface area (Å²) in [5.74, 6) is -1.96. The normalized spacial score (nSPS) is 18.4. The first-order chi connectivity index (χ1) is 21.2. The number of aromatic nitrogens is 1. The van der Waals surface area contributed by atoms with Crippen molar-refractivity contribution in [1.29, 1.82) is 0 Å². The van der Waals surface area contributed by atoms with Gasteiger partial charge in [-0.2, -0.15) is 0 Å². The lowest BCUT2D eigenvalue weighted by molar-refractivity contribution is -0.122. The molecule has 1 aromatic heterocycles. The van der Waals surface area contributed by atoms with Gasteiger partial charge in [-0.25, -0.2) is 9.78 Å². The molecule has 0 bridgehead atoms. The van der Waals surface area contributed by atoms with Gasteiger partial charge in [0.15, 0.2) is 6.10 Å². The number of benzene rings is 3. The zero-order valence-corrected chi connectivity index (χ0v) is 26.4. The summed E-state index contributed by atoms with van der Waals surface area (Å²) in [4.78, 5) is 59.2. The van der Waals surface area contributed by atoms with Gasteiger partial charge in [0, 0.05) is 21.0 Å². The van der Waals surface area contributed by atoms with Crippen LogP contribution in [0.15, 0.2) is 83.4 Å². The van der Waals surface area contributed by atoms with Crippen LogP contribution < -0.4 is 4.90 Å². The maximum Gasteiger partial charge on any atom is 0.339 e. The summed E-state index contributed by atoms with van der Waals surface area (Å²) in [6.45, 7) is 3.61. The van der Waals surface area contributed by atoms with Crippen molar-refractivity contribution < 1.29 is 23.9 Å². The van der Waals surface area contributed by atoms with E-state index >= 15 is 0 Å². The van der Waals surface area contributed by atoms with Crippen LogP contribution in [0.5, 0.6) is 0 Å². The average molecular weight is 672 g/mol. The molecule has 4 aromatic rings. The molecule has 0 N–H and O–H groups in total. The summed E-state index contributed by atoms with van der Waals surface area (Å²) in [5.41, 5.74) is 3.49. The molecule has 3 atom stereocenters. The van der Waals surface area contributed by atoms with Gasteiger partial charge in [-0.1, -0.05) is 73.1 Å². The fourth-order valence-electron chi connectivity index (χ4n) is 5.92. The Labute approximate surface area is 268 Å². The van der Waals surface area contributed by atoms with E-state index in [9.17, 15) is 19.2 Å². The Morgan fingerprint density at radius 2 is 1.64 bits per heavy atom. The fourth-order valence-corrected chi connectivity index (χ4v) is 6.59. The van der Waals surface area contributed by atoms with Crippen LogP contribution in [0, 0.1) is 18.8 Å². The summed E-state index contributed by atoms with van der Waals surface area (Å²) in [6.07, 6.45) is 4.38. The average Bonchev–Trinajstić information content (AvgIpc) is 3.31. The summed E-state index contributed by atoms with van der Waals surface area (Å²) in [5, 5.41) is 0.986. The molecule has 6 rings (SSSR count). The highest BCUT2D eigenvalue weighted by Gasteiger charge is 2.47. The summed E-state index contributed by atoms with van der Waals surface area (Å²) < 4.78 is 6.41. The zero-order valence-electron chi connectivity index (χ0n) is 24.1. The predicted molar refractivity (Wildman–Crippen MR) is 173 cm³/mol. The van der Waals surface area contributed by atoms with Gasteiger partial charge < -0.3 is 4.74 Å². The first-order valence-electron chi connectivity index (χ1n) is 14.4. The highest BCUT2D eigenvalue weighted by atomic mass is 79.9. The smallest absolute Gasteiger partial charge is 0.339 e. The van der Waals surface area contributed by atoms with Crippen LogP contribution in [0.3, 0.4) is 0 Å². The molecule has 2 heterocycles. The van der Waals surface area contributed by atoms with Crippen LogP contribution in [0.2, 0.25) is 5.02 Å². The number of fused-ring (bicyclic) bond motifs is 2. The van der Waals surface area contributed by atoms with Gasteiger partial charge in [0.25, 0.3) is 0 Å². The molecular formula is C35H28BrClN2O5. The van der Waals surface area contributed by atoms with Gasteiger partial charge in [-0.15, -0.1) is 0 Å². The lowest BCUT2D eigenvalue weighted by atomic mass is 9.85. The van der Waals surface area contributed by atoms with Gasteiger partial charge in [0.2, 0.25) is 17.6 Å². The van der Waals surface area contributed by atoms with E-state index in [1.54, 1.807) is 67.6 Å². The number of Topliss-reactive ketones (excluding diaryl/α,β-unsaturated/α-hetero) is 1. The topological polar surface area (TPSA) is 93.6 Å². The number of hydrogen-bond donors (Lipinski definition) is 0. The van der Waals surface area contributed by atoms with Crippen molar-refractivity contribution in [2.24, 2.45) is 11.8 Å². The van der Waals surface area contributed by atoms with Gasteiger partial charge in [-0.3, -0.25) is 19.3 Å². The van der Waals surface area contributed by atoms with Crippen LogP contribution >= 0.6 is 27.5 Å². The van der Waals surface area contributed by atoms with Crippen LogP contribution in [-0.2, 0) is 14.3 Å². The van der Waals surface area contributed by atoms with Gasteiger partial charge in [0.05, 0.1) is 39.3 Å². The van der Waals surface area contributed by atoms with E-state index in [1.165, 1.54) is 4.90 Å². The maximum atomic E-state index is 13.7. The molecule has 3 unspecified atom stereocenters. The SMILES string of the molecule is CCC(OC(=O)c1cc(-c2ccc(N3C(=O)C4CC=CCC4C3=O)cc2)nc2c(C)c(Cl)c(Br)cc12)C(=O)c1ccccc1. The molecule has 0 saturated carbocycles. The monoisotopic (exact) mass is 670 g/mol. The number of halogens is 2. The third kappa shape index (κ3) is 5.26. The standard InChI is InChI=1S/C35H28BrClN2O5/c1-3-29(32(40)21-9-5-4-6-10-21)44-35(43)26-18-28(38-31-19(2)30(37)27(36)17-25(26)31)20-13-15-22(16-14-20)39-33(41)23-11-7-8-12-24(23)34(39)42/h4-10,13-18,23-24,29H,3,11-12H2,1-2H3. The summed E-state index contributed by atoms with van der Waals surface area (Å²) in [6, 6.07) is 19.0. The number of rotatable bonds is 7. The molecular weight excluding hydrogens is 644 g/mol. The first-order valence-corrected chi connectivity index (χ1v) is 15.6. The zero-order chi connectivity index (χ0) is 31.1. The number of ketones is 1.